The minimum absolute atomic E-state index is 0.128. The van der Waals surface area contributed by atoms with Crippen LogP contribution >= 0.6 is 11.6 Å². The first-order chi connectivity index (χ1) is 9.22. The molecule has 0 aromatic heterocycles. The second-order valence-corrected chi connectivity index (χ2v) is 4.43. The van der Waals surface area contributed by atoms with Gasteiger partial charge in [-0.3, -0.25) is 4.79 Å². The van der Waals surface area contributed by atoms with Crippen molar-refractivity contribution < 1.29 is 14.6 Å². The largest absolute Gasteiger partial charge is 0.457 e. The van der Waals surface area contributed by atoms with E-state index in [-0.39, 0.29) is 6.61 Å². The number of aliphatic hydroxyl groups excluding tert-OH is 1. The maximum absolute atomic E-state index is 10.7. The normalized spacial score (nSPS) is 10.2. The summed E-state index contributed by atoms with van der Waals surface area (Å²) in [5.74, 6) is 1.25. The van der Waals surface area contributed by atoms with Crippen molar-refractivity contribution in [3.8, 4) is 11.5 Å². The molecule has 0 saturated heterocycles. The summed E-state index contributed by atoms with van der Waals surface area (Å²) in [6.45, 7) is 0.128. The van der Waals surface area contributed by atoms with E-state index in [1.807, 2.05) is 24.3 Å². The first kappa shape index (κ1) is 13.6. The average molecular weight is 277 g/mol. The van der Waals surface area contributed by atoms with E-state index in [0.717, 1.165) is 5.56 Å². The Hall–Kier alpha value is -1.84. The maximum atomic E-state index is 10.7. The van der Waals surface area contributed by atoms with Gasteiger partial charge in [-0.15, -0.1) is 0 Å². The Morgan fingerprint density at radius 2 is 1.79 bits per heavy atom. The fourth-order valence-corrected chi connectivity index (χ4v) is 1.87. The van der Waals surface area contributed by atoms with Gasteiger partial charge in [-0.05, 0) is 36.2 Å². The highest BCUT2D eigenvalue weighted by Crippen LogP contribution is 2.26. The van der Waals surface area contributed by atoms with Gasteiger partial charge in [-0.25, -0.2) is 0 Å². The number of carbonyl (C=O) groups excluding carboxylic acids is 1. The molecule has 98 valence electrons. The van der Waals surface area contributed by atoms with Gasteiger partial charge < -0.3 is 9.84 Å². The van der Waals surface area contributed by atoms with Gasteiger partial charge in [0.25, 0.3) is 0 Å². The molecule has 0 amide bonds. The molecule has 0 aliphatic carbocycles. The zero-order valence-corrected chi connectivity index (χ0v) is 10.9. The molecule has 1 N–H and O–H groups in total. The number of halogens is 1. The summed E-state index contributed by atoms with van der Waals surface area (Å²) in [5, 5.41) is 9.19. The van der Waals surface area contributed by atoms with E-state index >= 15 is 0 Å². The summed E-state index contributed by atoms with van der Waals surface area (Å²) in [7, 11) is 0. The molecule has 0 heterocycles. The number of ether oxygens (including phenoxy) is 1. The Morgan fingerprint density at radius 3 is 2.37 bits per heavy atom. The SMILES string of the molecule is O=Cc1ccc(Oc2ccc(CCO)cc2)cc1Cl. The van der Waals surface area contributed by atoms with Crippen LogP contribution in [-0.2, 0) is 6.42 Å². The summed E-state index contributed by atoms with van der Waals surface area (Å²) >= 11 is 5.92. The third kappa shape index (κ3) is 3.56. The molecule has 0 atom stereocenters. The molecule has 3 nitrogen and oxygen atoms in total. The molecule has 0 radical (unpaired) electrons. The van der Waals surface area contributed by atoms with Crippen molar-refractivity contribution in [2.45, 2.75) is 6.42 Å². The van der Waals surface area contributed by atoms with Crippen LogP contribution in [0.15, 0.2) is 42.5 Å². The topological polar surface area (TPSA) is 46.5 Å². The Morgan fingerprint density at radius 1 is 1.11 bits per heavy atom. The second kappa shape index (κ2) is 6.36. The second-order valence-electron chi connectivity index (χ2n) is 4.02. The van der Waals surface area contributed by atoms with Gasteiger partial charge in [-0.1, -0.05) is 23.7 Å². The van der Waals surface area contributed by atoms with Crippen LogP contribution in [0.25, 0.3) is 0 Å². The smallest absolute Gasteiger partial charge is 0.151 e. The van der Waals surface area contributed by atoms with Crippen molar-refractivity contribution in [1.29, 1.82) is 0 Å². The maximum Gasteiger partial charge on any atom is 0.151 e. The highest BCUT2D eigenvalue weighted by Gasteiger charge is 2.03. The minimum atomic E-state index is 0.128. The lowest BCUT2D eigenvalue weighted by Gasteiger charge is -2.07. The fraction of sp³-hybridized carbons (Fsp3) is 0.133. The number of hydrogen-bond donors (Lipinski definition) is 1. The number of aliphatic hydroxyl groups is 1. The molecule has 0 spiro atoms. The number of carbonyl (C=O) groups is 1. The third-order valence-electron chi connectivity index (χ3n) is 2.66. The molecule has 0 unspecified atom stereocenters. The van der Waals surface area contributed by atoms with Crippen molar-refractivity contribution in [2.75, 3.05) is 6.61 Å². The summed E-state index contributed by atoms with van der Waals surface area (Å²) in [6, 6.07) is 12.4. The van der Waals surface area contributed by atoms with Crippen LogP contribution in [0.1, 0.15) is 15.9 Å². The van der Waals surface area contributed by atoms with E-state index in [9.17, 15) is 4.79 Å². The quantitative estimate of drug-likeness (QED) is 0.851. The van der Waals surface area contributed by atoms with Crippen molar-refractivity contribution >= 4 is 17.9 Å². The Kier molecular flexibility index (Phi) is 4.55. The van der Waals surface area contributed by atoms with Crippen LogP contribution in [0.3, 0.4) is 0 Å². The lowest BCUT2D eigenvalue weighted by Crippen LogP contribution is -1.91. The molecule has 4 heteroatoms. The molecule has 0 aliphatic heterocycles. The van der Waals surface area contributed by atoms with Crippen molar-refractivity contribution in [2.24, 2.45) is 0 Å². The van der Waals surface area contributed by atoms with E-state index in [4.69, 9.17) is 21.4 Å². The van der Waals surface area contributed by atoms with E-state index in [1.54, 1.807) is 18.2 Å². The van der Waals surface area contributed by atoms with Gasteiger partial charge in [0.05, 0.1) is 5.02 Å². The molecule has 2 rings (SSSR count). The first-order valence-corrected chi connectivity index (χ1v) is 6.23. The lowest BCUT2D eigenvalue weighted by atomic mass is 10.1. The summed E-state index contributed by atoms with van der Waals surface area (Å²) in [5.41, 5.74) is 1.48. The van der Waals surface area contributed by atoms with Gasteiger partial charge >= 0.3 is 0 Å². The number of aldehydes is 1. The molecule has 0 bridgehead atoms. The number of rotatable bonds is 5. The van der Waals surface area contributed by atoms with E-state index < -0.39 is 0 Å². The lowest BCUT2D eigenvalue weighted by molar-refractivity contribution is 0.112. The average Bonchev–Trinajstić information content (AvgIpc) is 2.42. The van der Waals surface area contributed by atoms with Gasteiger partial charge in [0.15, 0.2) is 6.29 Å². The summed E-state index contributed by atoms with van der Waals surface area (Å²) in [6.07, 6.45) is 1.33. The zero-order chi connectivity index (χ0) is 13.7. The van der Waals surface area contributed by atoms with Gasteiger partial charge in [0.2, 0.25) is 0 Å². The van der Waals surface area contributed by atoms with Crippen LogP contribution in [0.2, 0.25) is 5.02 Å². The molecule has 2 aromatic carbocycles. The van der Waals surface area contributed by atoms with Gasteiger partial charge in [0, 0.05) is 18.2 Å². The minimum Gasteiger partial charge on any atom is -0.457 e. The van der Waals surface area contributed by atoms with Crippen molar-refractivity contribution in [3.63, 3.8) is 0 Å². The molecular formula is C15H13ClO3. The number of hydrogen-bond acceptors (Lipinski definition) is 3. The van der Waals surface area contributed by atoms with E-state index in [0.29, 0.717) is 34.8 Å². The van der Waals surface area contributed by atoms with Gasteiger partial charge in [-0.2, -0.15) is 0 Å². The molecule has 0 aliphatic rings. The number of benzene rings is 2. The van der Waals surface area contributed by atoms with Crippen LogP contribution in [0, 0.1) is 0 Å². The van der Waals surface area contributed by atoms with Crippen LogP contribution in [0.5, 0.6) is 11.5 Å². The monoisotopic (exact) mass is 276 g/mol. The molecule has 0 saturated carbocycles. The van der Waals surface area contributed by atoms with E-state index in [1.165, 1.54) is 0 Å². The Balaban J connectivity index is 2.12. The van der Waals surface area contributed by atoms with E-state index in [2.05, 4.69) is 0 Å². The van der Waals surface area contributed by atoms with Gasteiger partial charge in [0.1, 0.15) is 11.5 Å². The molecular weight excluding hydrogens is 264 g/mol. The van der Waals surface area contributed by atoms with Crippen LogP contribution in [0.4, 0.5) is 0 Å². The van der Waals surface area contributed by atoms with Crippen molar-refractivity contribution in [3.05, 3.63) is 58.6 Å². The Labute approximate surface area is 116 Å². The highest BCUT2D eigenvalue weighted by molar-refractivity contribution is 6.33. The predicted molar refractivity (Wildman–Crippen MR) is 74.1 cm³/mol. The van der Waals surface area contributed by atoms with Crippen molar-refractivity contribution in [1.82, 2.24) is 0 Å². The molecule has 0 fully saturated rings. The van der Waals surface area contributed by atoms with Crippen LogP contribution in [-0.4, -0.2) is 18.0 Å². The summed E-state index contributed by atoms with van der Waals surface area (Å²) in [4.78, 5) is 10.7. The highest BCUT2D eigenvalue weighted by atomic mass is 35.5. The predicted octanol–water partition coefficient (Wildman–Crippen LogP) is 3.48. The summed E-state index contributed by atoms with van der Waals surface area (Å²) < 4.78 is 5.63. The molecule has 19 heavy (non-hydrogen) atoms. The zero-order valence-electron chi connectivity index (χ0n) is 10.2. The standard InChI is InChI=1S/C15H13ClO3/c16-15-9-14(6-3-12(15)10-18)19-13-4-1-11(2-5-13)7-8-17/h1-6,9-10,17H,7-8H2. The molecule has 2 aromatic rings. The fourth-order valence-electron chi connectivity index (χ4n) is 1.66. The van der Waals surface area contributed by atoms with Crippen LogP contribution < -0.4 is 4.74 Å². The third-order valence-corrected chi connectivity index (χ3v) is 2.99. The first-order valence-electron chi connectivity index (χ1n) is 5.85. The Bertz CT molecular complexity index is 564.